The highest BCUT2D eigenvalue weighted by atomic mass is 127. The molecule has 0 atom stereocenters. The number of aromatic hydroxyl groups is 1. The smallest absolute Gasteiger partial charge is 0.266 e. The van der Waals surface area contributed by atoms with Gasteiger partial charge in [0.2, 0.25) is 0 Å². The quantitative estimate of drug-likeness (QED) is 0.368. The summed E-state index contributed by atoms with van der Waals surface area (Å²) in [5.41, 5.74) is 0.892. The number of carbonyl (C=O) groups is 1. The first kappa shape index (κ1) is 15.5. The number of benzene rings is 1. The first-order valence-electron chi connectivity index (χ1n) is 5.37. The van der Waals surface area contributed by atoms with Crippen LogP contribution < -0.4 is 0 Å². The molecule has 100 valence electrons. The van der Waals surface area contributed by atoms with Crippen molar-refractivity contribution >= 4 is 85.5 Å². The van der Waals surface area contributed by atoms with Gasteiger partial charge in [0.05, 0.1) is 12.0 Å². The van der Waals surface area contributed by atoms with Crippen molar-refractivity contribution in [1.82, 2.24) is 4.90 Å². The van der Waals surface area contributed by atoms with Crippen LogP contribution in [0.25, 0.3) is 6.08 Å². The van der Waals surface area contributed by atoms with E-state index < -0.39 is 0 Å². The van der Waals surface area contributed by atoms with Gasteiger partial charge >= 0.3 is 0 Å². The van der Waals surface area contributed by atoms with Gasteiger partial charge in [0, 0.05) is 6.54 Å². The number of thioether (sulfide) groups is 1. The zero-order chi connectivity index (χ0) is 14.2. The normalized spacial score (nSPS) is 17.6. The molecule has 0 aliphatic carbocycles. The van der Waals surface area contributed by atoms with E-state index in [0.29, 0.717) is 15.8 Å². The van der Waals surface area contributed by atoms with Crippen LogP contribution >= 0.6 is 69.2 Å². The summed E-state index contributed by atoms with van der Waals surface area (Å²) in [6, 6.07) is 3.69. The number of hydrogen-bond acceptors (Lipinski definition) is 4. The first-order chi connectivity index (χ1) is 8.93. The molecule has 0 spiro atoms. The Kier molecular flexibility index (Phi) is 5.12. The van der Waals surface area contributed by atoms with Crippen molar-refractivity contribution in [2.45, 2.75) is 6.92 Å². The van der Waals surface area contributed by atoms with Crippen LogP contribution in [-0.4, -0.2) is 26.8 Å². The molecule has 0 aromatic heterocycles. The third-order valence-electron chi connectivity index (χ3n) is 2.53. The number of rotatable bonds is 2. The third kappa shape index (κ3) is 3.24. The van der Waals surface area contributed by atoms with Crippen LogP contribution in [0.1, 0.15) is 12.5 Å². The molecular weight excluding hydrogens is 508 g/mol. The van der Waals surface area contributed by atoms with Gasteiger partial charge in [-0.2, -0.15) is 0 Å². The molecule has 2 rings (SSSR count). The molecule has 1 aliphatic rings. The average molecular weight is 517 g/mol. The van der Waals surface area contributed by atoms with E-state index in [-0.39, 0.29) is 11.7 Å². The molecule has 1 aliphatic heterocycles. The van der Waals surface area contributed by atoms with Gasteiger partial charge < -0.3 is 5.11 Å². The van der Waals surface area contributed by atoms with Crippen LogP contribution in [-0.2, 0) is 4.79 Å². The summed E-state index contributed by atoms with van der Waals surface area (Å²) in [7, 11) is 0. The molecule has 1 saturated heterocycles. The minimum atomic E-state index is -0.0457. The summed E-state index contributed by atoms with van der Waals surface area (Å²) in [5, 5.41) is 9.73. The summed E-state index contributed by atoms with van der Waals surface area (Å²) in [6.07, 6.45) is 1.82. The molecule has 1 heterocycles. The molecule has 0 radical (unpaired) electrons. The van der Waals surface area contributed by atoms with Gasteiger partial charge in [-0.3, -0.25) is 9.69 Å². The number of nitrogens with zero attached hydrogens (tertiary/aromatic N) is 1. The maximum atomic E-state index is 12.1. The summed E-state index contributed by atoms with van der Waals surface area (Å²) >= 11 is 10.6. The van der Waals surface area contributed by atoms with E-state index in [1.54, 1.807) is 4.90 Å². The van der Waals surface area contributed by atoms with Gasteiger partial charge in [0.25, 0.3) is 5.91 Å². The maximum Gasteiger partial charge on any atom is 0.266 e. The van der Waals surface area contributed by atoms with Crippen molar-refractivity contribution in [2.75, 3.05) is 6.54 Å². The predicted molar refractivity (Wildman–Crippen MR) is 99.1 cm³/mol. The molecule has 7 heteroatoms. The van der Waals surface area contributed by atoms with Crippen molar-refractivity contribution in [3.05, 3.63) is 29.7 Å². The van der Waals surface area contributed by atoms with E-state index in [0.717, 1.165) is 12.7 Å². The molecule has 3 nitrogen and oxygen atoms in total. The fraction of sp³-hybridized carbons (Fsp3) is 0.167. The number of likely N-dealkylation sites (N-methyl/N-ethyl adjacent to an activating group) is 1. The molecule has 0 saturated carbocycles. The van der Waals surface area contributed by atoms with E-state index in [1.807, 2.05) is 25.1 Å². The predicted octanol–water partition coefficient (Wildman–Crippen LogP) is 3.82. The van der Waals surface area contributed by atoms with Gasteiger partial charge in [0.1, 0.15) is 10.1 Å². The molecule has 1 fully saturated rings. The minimum absolute atomic E-state index is 0.0457. The average Bonchev–Trinajstić information content (AvgIpc) is 2.61. The molecule has 0 unspecified atom stereocenters. The largest absolute Gasteiger partial charge is 0.506 e. The molecule has 1 aromatic carbocycles. The number of phenolic OH excluding ortho intramolecular Hbond substituents is 1. The number of carbonyl (C=O) groups excluding carboxylic acids is 1. The Morgan fingerprint density at radius 3 is 2.47 bits per heavy atom. The van der Waals surface area contributed by atoms with Crippen LogP contribution in [0.3, 0.4) is 0 Å². The molecular formula is C12H9I2NO2S2. The van der Waals surface area contributed by atoms with Crippen molar-refractivity contribution in [1.29, 1.82) is 0 Å². The third-order valence-corrected chi connectivity index (χ3v) is 5.55. The Hall–Kier alpha value is 0.130. The lowest BCUT2D eigenvalue weighted by Gasteiger charge is -2.09. The summed E-state index contributed by atoms with van der Waals surface area (Å²) in [6.45, 7) is 2.49. The van der Waals surface area contributed by atoms with E-state index in [1.165, 1.54) is 11.8 Å². The van der Waals surface area contributed by atoms with Gasteiger partial charge in [-0.05, 0) is 75.9 Å². The van der Waals surface area contributed by atoms with Crippen LogP contribution in [0, 0.1) is 7.14 Å². The SMILES string of the molecule is CCN1C(=O)C(=Cc2cc(I)c(O)c(I)c2)SC1=S. The second-order valence-corrected chi connectivity index (χ2v) is 7.76. The van der Waals surface area contributed by atoms with E-state index in [4.69, 9.17) is 12.2 Å². The van der Waals surface area contributed by atoms with Gasteiger partial charge in [-0.1, -0.05) is 24.0 Å². The molecule has 0 bridgehead atoms. The van der Waals surface area contributed by atoms with Crippen molar-refractivity contribution in [3.63, 3.8) is 0 Å². The zero-order valence-electron chi connectivity index (χ0n) is 9.81. The number of halogens is 2. The summed E-state index contributed by atoms with van der Waals surface area (Å²) in [5.74, 6) is 0.232. The monoisotopic (exact) mass is 517 g/mol. The van der Waals surface area contributed by atoms with Crippen LogP contribution in [0.15, 0.2) is 17.0 Å². The Labute approximate surface area is 148 Å². The Morgan fingerprint density at radius 2 is 2.00 bits per heavy atom. The second kappa shape index (κ2) is 6.27. The van der Waals surface area contributed by atoms with Gasteiger partial charge in [-0.15, -0.1) is 0 Å². The van der Waals surface area contributed by atoms with Gasteiger partial charge in [-0.25, -0.2) is 0 Å². The molecule has 1 amide bonds. The highest BCUT2D eigenvalue weighted by Crippen LogP contribution is 2.34. The second-order valence-electron chi connectivity index (χ2n) is 3.76. The zero-order valence-corrected chi connectivity index (χ0v) is 15.8. The fourth-order valence-electron chi connectivity index (χ4n) is 1.59. The topological polar surface area (TPSA) is 40.5 Å². The molecule has 1 aromatic rings. The Morgan fingerprint density at radius 1 is 1.42 bits per heavy atom. The highest BCUT2D eigenvalue weighted by molar-refractivity contribution is 14.1. The lowest BCUT2D eigenvalue weighted by Crippen LogP contribution is -2.27. The number of thiocarbonyl (C=S) groups is 1. The molecule has 19 heavy (non-hydrogen) atoms. The van der Waals surface area contributed by atoms with Crippen LogP contribution in [0.2, 0.25) is 0 Å². The summed E-state index contributed by atoms with van der Waals surface area (Å²) in [4.78, 5) is 14.3. The number of hydrogen-bond donors (Lipinski definition) is 1. The molecule has 1 N–H and O–H groups in total. The maximum absolute atomic E-state index is 12.1. The van der Waals surface area contributed by atoms with Crippen molar-refractivity contribution < 1.29 is 9.90 Å². The van der Waals surface area contributed by atoms with E-state index in [2.05, 4.69) is 45.2 Å². The highest BCUT2D eigenvalue weighted by Gasteiger charge is 2.30. The Balaban J connectivity index is 2.38. The fourth-order valence-corrected chi connectivity index (χ4v) is 4.79. The number of phenols is 1. The van der Waals surface area contributed by atoms with Crippen LogP contribution in [0.5, 0.6) is 5.75 Å². The lowest BCUT2D eigenvalue weighted by molar-refractivity contribution is -0.121. The minimum Gasteiger partial charge on any atom is -0.506 e. The first-order valence-corrected chi connectivity index (χ1v) is 8.75. The van der Waals surface area contributed by atoms with Crippen LogP contribution in [0.4, 0.5) is 0 Å². The van der Waals surface area contributed by atoms with Gasteiger partial charge in [0.15, 0.2) is 0 Å². The lowest BCUT2D eigenvalue weighted by atomic mass is 10.2. The summed E-state index contributed by atoms with van der Waals surface area (Å²) < 4.78 is 2.13. The van der Waals surface area contributed by atoms with E-state index in [9.17, 15) is 9.90 Å². The van der Waals surface area contributed by atoms with Crippen molar-refractivity contribution in [3.8, 4) is 5.75 Å². The van der Waals surface area contributed by atoms with Crippen molar-refractivity contribution in [2.24, 2.45) is 0 Å². The standard InChI is InChI=1S/C12H9I2NO2S2/c1-2-15-11(17)9(19-12(15)18)5-6-3-7(13)10(16)8(14)4-6/h3-5,16H,2H2,1H3. The number of amides is 1. The van der Waals surface area contributed by atoms with E-state index >= 15 is 0 Å². The Bertz CT molecular complexity index is 578.